The summed E-state index contributed by atoms with van der Waals surface area (Å²) in [5.41, 5.74) is 2.33. The van der Waals surface area contributed by atoms with Crippen molar-refractivity contribution in [2.24, 2.45) is 5.92 Å². The summed E-state index contributed by atoms with van der Waals surface area (Å²) in [5.74, 6) is 0.599. The van der Waals surface area contributed by atoms with Gasteiger partial charge in [-0.3, -0.25) is 0 Å². The Labute approximate surface area is 109 Å². The lowest BCUT2D eigenvalue weighted by Gasteiger charge is -2.09. The molecule has 0 unspecified atom stereocenters. The van der Waals surface area contributed by atoms with Crippen molar-refractivity contribution < 1.29 is 4.74 Å². The molecule has 0 saturated carbocycles. The van der Waals surface area contributed by atoms with Crippen LogP contribution in [0.1, 0.15) is 25.0 Å². The zero-order valence-electron chi connectivity index (χ0n) is 10.9. The molecule has 96 valence electrons. The molecule has 17 heavy (non-hydrogen) atoms. The topological polar surface area (TPSA) is 21.3 Å². The highest BCUT2D eigenvalue weighted by Gasteiger charge is 1.99. The molecular formula is C14H22ClNO. The minimum Gasteiger partial charge on any atom is -0.380 e. The van der Waals surface area contributed by atoms with Crippen LogP contribution in [-0.2, 0) is 11.3 Å². The van der Waals surface area contributed by atoms with E-state index in [0.717, 1.165) is 36.9 Å². The molecule has 2 nitrogen and oxygen atoms in total. The second-order valence-electron chi connectivity index (χ2n) is 4.74. The molecule has 1 aromatic rings. The Morgan fingerprint density at radius 2 is 2.12 bits per heavy atom. The summed E-state index contributed by atoms with van der Waals surface area (Å²) in [6, 6.07) is 6.14. The van der Waals surface area contributed by atoms with Crippen LogP contribution in [0.25, 0.3) is 0 Å². The summed E-state index contributed by atoms with van der Waals surface area (Å²) >= 11 is 6.14. The van der Waals surface area contributed by atoms with Gasteiger partial charge in [-0.05, 0) is 30.0 Å². The predicted octanol–water partition coefficient (Wildman–Crippen LogP) is 3.41. The lowest BCUT2D eigenvalue weighted by atomic mass is 10.1. The predicted molar refractivity (Wildman–Crippen MR) is 73.6 cm³/mol. The van der Waals surface area contributed by atoms with E-state index in [2.05, 4.69) is 31.3 Å². The maximum Gasteiger partial charge on any atom is 0.0591 e. The van der Waals surface area contributed by atoms with Gasteiger partial charge < -0.3 is 10.1 Å². The van der Waals surface area contributed by atoms with Crippen molar-refractivity contribution in [3.05, 3.63) is 34.3 Å². The van der Waals surface area contributed by atoms with E-state index in [0.29, 0.717) is 5.92 Å². The fourth-order valence-corrected chi connectivity index (χ4v) is 1.78. The second-order valence-corrected chi connectivity index (χ2v) is 5.15. The molecule has 0 aliphatic rings. The second kappa shape index (κ2) is 7.70. The molecule has 0 amide bonds. The van der Waals surface area contributed by atoms with E-state index < -0.39 is 0 Å². The maximum atomic E-state index is 6.14. The van der Waals surface area contributed by atoms with Crippen LogP contribution in [0.3, 0.4) is 0 Å². The Morgan fingerprint density at radius 1 is 1.35 bits per heavy atom. The Bertz CT molecular complexity index is 339. The van der Waals surface area contributed by atoms with E-state index in [4.69, 9.17) is 16.3 Å². The van der Waals surface area contributed by atoms with E-state index in [-0.39, 0.29) is 0 Å². The molecule has 1 aromatic carbocycles. The SMILES string of the molecule is Cc1ccc(CNCCOCC(C)C)c(Cl)c1. The average Bonchev–Trinajstić information content (AvgIpc) is 2.25. The Morgan fingerprint density at radius 3 is 2.76 bits per heavy atom. The third-order valence-corrected chi connectivity index (χ3v) is 2.75. The fourth-order valence-electron chi connectivity index (χ4n) is 1.48. The summed E-state index contributed by atoms with van der Waals surface area (Å²) in [6.07, 6.45) is 0. The molecule has 0 aromatic heterocycles. The molecule has 0 aliphatic heterocycles. The van der Waals surface area contributed by atoms with Crippen LogP contribution in [0.2, 0.25) is 5.02 Å². The third-order valence-electron chi connectivity index (χ3n) is 2.40. The number of aryl methyl sites for hydroxylation is 1. The van der Waals surface area contributed by atoms with Crippen LogP contribution in [0.4, 0.5) is 0 Å². The standard InChI is InChI=1S/C14H22ClNO/c1-11(2)10-17-7-6-16-9-13-5-4-12(3)8-14(13)15/h4-5,8,11,16H,6-7,9-10H2,1-3H3. The van der Waals surface area contributed by atoms with Gasteiger partial charge in [0.15, 0.2) is 0 Å². The van der Waals surface area contributed by atoms with E-state index in [1.165, 1.54) is 5.56 Å². The minimum atomic E-state index is 0.599. The molecule has 0 bridgehead atoms. The number of rotatable bonds is 7. The molecule has 0 fully saturated rings. The van der Waals surface area contributed by atoms with Gasteiger partial charge in [0, 0.05) is 24.7 Å². The van der Waals surface area contributed by atoms with Crippen molar-refractivity contribution in [2.45, 2.75) is 27.3 Å². The van der Waals surface area contributed by atoms with E-state index >= 15 is 0 Å². The van der Waals surface area contributed by atoms with Crippen LogP contribution >= 0.6 is 11.6 Å². The fraction of sp³-hybridized carbons (Fsp3) is 0.571. The molecule has 0 saturated heterocycles. The average molecular weight is 256 g/mol. The first-order valence-electron chi connectivity index (χ1n) is 6.13. The Hall–Kier alpha value is -0.570. The number of hydrogen-bond acceptors (Lipinski definition) is 2. The number of benzene rings is 1. The molecule has 0 atom stereocenters. The van der Waals surface area contributed by atoms with Gasteiger partial charge in [0.25, 0.3) is 0 Å². The summed E-state index contributed by atoms with van der Waals surface area (Å²) in [6.45, 7) is 9.58. The maximum absolute atomic E-state index is 6.14. The minimum absolute atomic E-state index is 0.599. The molecule has 0 heterocycles. The van der Waals surface area contributed by atoms with Crippen molar-refractivity contribution in [3.8, 4) is 0 Å². The molecule has 0 aliphatic carbocycles. The highest BCUT2D eigenvalue weighted by atomic mass is 35.5. The number of nitrogens with one attached hydrogen (secondary N) is 1. The van der Waals surface area contributed by atoms with Gasteiger partial charge in [0.05, 0.1) is 6.61 Å². The zero-order chi connectivity index (χ0) is 12.7. The summed E-state index contributed by atoms with van der Waals surface area (Å²) < 4.78 is 5.49. The number of halogens is 1. The first-order valence-corrected chi connectivity index (χ1v) is 6.51. The summed E-state index contributed by atoms with van der Waals surface area (Å²) in [7, 11) is 0. The van der Waals surface area contributed by atoms with E-state index in [9.17, 15) is 0 Å². The zero-order valence-corrected chi connectivity index (χ0v) is 11.7. The van der Waals surface area contributed by atoms with E-state index in [1.54, 1.807) is 0 Å². The van der Waals surface area contributed by atoms with Gasteiger partial charge in [0.1, 0.15) is 0 Å². The number of ether oxygens (including phenoxy) is 1. The lowest BCUT2D eigenvalue weighted by Crippen LogP contribution is -2.20. The van der Waals surface area contributed by atoms with E-state index in [1.807, 2.05) is 13.0 Å². The molecule has 1 rings (SSSR count). The van der Waals surface area contributed by atoms with Gasteiger partial charge >= 0.3 is 0 Å². The lowest BCUT2D eigenvalue weighted by molar-refractivity contribution is 0.111. The van der Waals surface area contributed by atoms with Crippen LogP contribution in [-0.4, -0.2) is 19.8 Å². The molecule has 0 spiro atoms. The first kappa shape index (κ1) is 14.5. The van der Waals surface area contributed by atoms with Crippen molar-refractivity contribution in [3.63, 3.8) is 0 Å². The van der Waals surface area contributed by atoms with Crippen molar-refractivity contribution in [1.29, 1.82) is 0 Å². The normalized spacial score (nSPS) is 11.1. The van der Waals surface area contributed by atoms with Crippen LogP contribution in [0.15, 0.2) is 18.2 Å². The van der Waals surface area contributed by atoms with Crippen LogP contribution < -0.4 is 5.32 Å². The summed E-state index contributed by atoms with van der Waals surface area (Å²) in [5, 5.41) is 4.16. The highest BCUT2D eigenvalue weighted by molar-refractivity contribution is 6.31. The number of hydrogen-bond donors (Lipinski definition) is 1. The van der Waals surface area contributed by atoms with Gasteiger partial charge in [-0.1, -0.05) is 37.6 Å². The van der Waals surface area contributed by atoms with Gasteiger partial charge in [-0.2, -0.15) is 0 Å². The monoisotopic (exact) mass is 255 g/mol. The quantitative estimate of drug-likeness (QED) is 0.754. The van der Waals surface area contributed by atoms with Crippen molar-refractivity contribution in [2.75, 3.05) is 19.8 Å². The summed E-state index contributed by atoms with van der Waals surface area (Å²) in [4.78, 5) is 0. The molecule has 3 heteroatoms. The molecule has 1 N–H and O–H groups in total. The molecule has 0 radical (unpaired) electrons. The smallest absolute Gasteiger partial charge is 0.0591 e. The highest BCUT2D eigenvalue weighted by Crippen LogP contribution is 2.16. The largest absolute Gasteiger partial charge is 0.380 e. The van der Waals surface area contributed by atoms with Crippen LogP contribution in [0, 0.1) is 12.8 Å². The Balaban J connectivity index is 2.18. The molecular weight excluding hydrogens is 234 g/mol. The third kappa shape index (κ3) is 6.06. The first-order chi connectivity index (χ1) is 8.09. The van der Waals surface area contributed by atoms with Crippen molar-refractivity contribution >= 4 is 11.6 Å². The van der Waals surface area contributed by atoms with Crippen molar-refractivity contribution in [1.82, 2.24) is 5.32 Å². The Kier molecular flexibility index (Phi) is 6.56. The van der Waals surface area contributed by atoms with Gasteiger partial charge in [-0.25, -0.2) is 0 Å². The van der Waals surface area contributed by atoms with Gasteiger partial charge in [-0.15, -0.1) is 0 Å². The van der Waals surface area contributed by atoms with Crippen LogP contribution in [0.5, 0.6) is 0 Å². The van der Waals surface area contributed by atoms with Gasteiger partial charge in [0.2, 0.25) is 0 Å².